The first kappa shape index (κ1) is 23.8. The van der Waals surface area contributed by atoms with Crippen molar-refractivity contribution in [2.75, 3.05) is 32.7 Å². The minimum atomic E-state index is -0.406. The third-order valence-corrected chi connectivity index (χ3v) is 7.28. The second-order valence-corrected chi connectivity index (χ2v) is 9.90. The molecular weight excluding hydrogens is 469 g/mol. The van der Waals surface area contributed by atoms with Crippen LogP contribution in [0, 0.1) is 5.82 Å². The first-order valence-corrected chi connectivity index (χ1v) is 12.5. The number of nitrogens with one attached hydrogen (secondary N) is 1. The van der Waals surface area contributed by atoms with Crippen LogP contribution in [0.15, 0.2) is 49.1 Å². The molecule has 0 unspecified atom stereocenters. The Labute approximate surface area is 208 Å². The molecule has 0 saturated carbocycles. The zero-order valence-electron chi connectivity index (χ0n) is 19.5. The standard InChI is InChI=1S/C26H29ClFN5O2/c27-19-11-18(12-20(28)13-19)21-6-10-32(26(35)22-5-4-9-33-17-29-14-24(22)33)15-23(21)30-25(34)16-31-7-2-1-3-8-31/h4-5,9,11-14,17,21,23H,1-3,6-8,10,15-16H2,(H,30,34)/t21-,23+/m0/s1. The molecule has 2 aliphatic rings. The van der Waals surface area contributed by atoms with Crippen LogP contribution in [0.1, 0.15) is 47.5 Å². The van der Waals surface area contributed by atoms with Crippen molar-refractivity contribution in [3.63, 3.8) is 0 Å². The summed E-state index contributed by atoms with van der Waals surface area (Å²) in [6.07, 6.45) is 9.17. The van der Waals surface area contributed by atoms with Gasteiger partial charge in [0.1, 0.15) is 5.82 Å². The number of amides is 2. The van der Waals surface area contributed by atoms with E-state index in [4.69, 9.17) is 11.6 Å². The average molecular weight is 498 g/mol. The Bertz CT molecular complexity index is 1210. The van der Waals surface area contributed by atoms with E-state index >= 15 is 0 Å². The average Bonchev–Trinajstić information content (AvgIpc) is 3.32. The Morgan fingerprint density at radius 2 is 1.97 bits per heavy atom. The second kappa shape index (κ2) is 10.3. The Hall–Kier alpha value is -2.97. The van der Waals surface area contributed by atoms with Crippen LogP contribution in [0.5, 0.6) is 0 Å². The van der Waals surface area contributed by atoms with E-state index in [2.05, 4.69) is 15.2 Å². The van der Waals surface area contributed by atoms with Crippen LogP contribution in [0.2, 0.25) is 5.02 Å². The normalized spacial score (nSPS) is 21.3. The van der Waals surface area contributed by atoms with Gasteiger partial charge in [-0.25, -0.2) is 9.37 Å². The summed E-state index contributed by atoms with van der Waals surface area (Å²) in [6.45, 7) is 2.99. The summed E-state index contributed by atoms with van der Waals surface area (Å²) in [4.78, 5) is 34.6. The summed E-state index contributed by atoms with van der Waals surface area (Å²) >= 11 is 6.15. The maximum atomic E-state index is 14.2. The third kappa shape index (κ3) is 5.33. The Morgan fingerprint density at radius 1 is 1.14 bits per heavy atom. The molecule has 2 fully saturated rings. The van der Waals surface area contributed by atoms with Gasteiger partial charge in [0.05, 0.1) is 36.2 Å². The molecule has 7 nitrogen and oxygen atoms in total. The lowest BCUT2D eigenvalue weighted by molar-refractivity contribution is -0.123. The number of hydrogen-bond acceptors (Lipinski definition) is 4. The molecule has 0 bridgehead atoms. The predicted octanol–water partition coefficient (Wildman–Crippen LogP) is 3.73. The van der Waals surface area contributed by atoms with Gasteiger partial charge < -0.3 is 14.6 Å². The summed E-state index contributed by atoms with van der Waals surface area (Å²) in [7, 11) is 0. The maximum absolute atomic E-state index is 14.2. The van der Waals surface area contributed by atoms with Crippen molar-refractivity contribution in [2.45, 2.75) is 37.6 Å². The smallest absolute Gasteiger partial charge is 0.256 e. The fraction of sp³-hybridized carbons (Fsp3) is 0.423. The van der Waals surface area contributed by atoms with E-state index in [0.717, 1.165) is 37.0 Å². The number of hydrogen-bond donors (Lipinski definition) is 1. The SMILES string of the molecule is O=C(CN1CCCCC1)N[C@@H]1CN(C(=O)c2cccn3cncc23)CC[C@H]1c1cc(F)cc(Cl)c1. The Balaban J connectivity index is 1.37. The summed E-state index contributed by atoms with van der Waals surface area (Å²) in [5, 5.41) is 3.49. The topological polar surface area (TPSA) is 70.0 Å². The summed E-state index contributed by atoms with van der Waals surface area (Å²) < 4.78 is 16.0. The number of imidazole rings is 1. The van der Waals surface area contributed by atoms with Crippen molar-refractivity contribution >= 4 is 28.9 Å². The number of halogens is 2. The minimum Gasteiger partial charge on any atom is -0.350 e. The number of likely N-dealkylation sites (tertiary alicyclic amines) is 2. The molecule has 9 heteroatoms. The zero-order chi connectivity index (χ0) is 24.4. The highest BCUT2D eigenvalue weighted by Gasteiger charge is 2.35. The lowest BCUT2D eigenvalue weighted by Gasteiger charge is -2.39. The summed E-state index contributed by atoms with van der Waals surface area (Å²) in [5.74, 6) is -0.737. The summed E-state index contributed by atoms with van der Waals surface area (Å²) in [5.41, 5.74) is 2.04. The van der Waals surface area contributed by atoms with Gasteiger partial charge in [0.15, 0.2) is 0 Å². The molecular formula is C26H29ClFN5O2. The maximum Gasteiger partial charge on any atom is 0.256 e. The number of pyridine rings is 1. The van der Waals surface area contributed by atoms with Gasteiger partial charge in [-0.15, -0.1) is 0 Å². The van der Waals surface area contributed by atoms with E-state index in [9.17, 15) is 14.0 Å². The highest BCUT2D eigenvalue weighted by atomic mass is 35.5. The number of carbonyl (C=O) groups excluding carboxylic acids is 2. The van der Waals surface area contributed by atoms with Gasteiger partial charge in [-0.3, -0.25) is 14.5 Å². The molecule has 184 valence electrons. The Morgan fingerprint density at radius 3 is 2.77 bits per heavy atom. The van der Waals surface area contributed by atoms with Crippen molar-refractivity contribution in [1.82, 2.24) is 24.5 Å². The number of rotatable bonds is 5. The molecule has 0 spiro atoms. The van der Waals surface area contributed by atoms with Crippen LogP contribution in [0.25, 0.3) is 5.52 Å². The number of aromatic nitrogens is 2. The molecule has 2 atom stereocenters. The molecule has 3 aromatic rings. The van der Waals surface area contributed by atoms with Gasteiger partial charge >= 0.3 is 0 Å². The van der Waals surface area contributed by atoms with Crippen LogP contribution >= 0.6 is 11.6 Å². The van der Waals surface area contributed by atoms with E-state index in [0.29, 0.717) is 36.6 Å². The quantitative estimate of drug-likeness (QED) is 0.583. The first-order chi connectivity index (χ1) is 17.0. The van der Waals surface area contributed by atoms with E-state index < -0.39 is 5.82 Å². The van der Waals surface area contributed by atoms with Gasteiger partial charge in [0.25, 0.3) is 5.91 Å². The number of fused-ring (bicyclic) bond motifs is 1. The molecule has 1 aromatic carbocycles. The molecule has 0 radical (unpaired) electrons. The molecule has 2 aliphatic heterocycles. The second-order valence-electron chi connectivity index (χ2n) is 9.47. The zero-order valence-corrected chi connectivity index (χ0v) is 20.3. The van der Waals surface area contributed by atoms with E-state index in [-0.39, 0.29) is 23.8 Å². The molecule has 0 aliphatic carbocycles. The minimum absolute atomic E-state index is 0.0726. The number of carbonyl (C=O) groups is 2. The van der Waals surface area contributed by atoms with Crippen molar-refractivity contribution in [3.05, 3.63) is 71.0 Å². The van der Waals surface area contributed by atoms with Crippen LogP contribution < -0.4 is 5.32 Å². The summed E-state index contributed by atoms with van der Waals surface area (Å²) in [6, 6.07) is 7.77. The van der Waals surface area contributed by atoms with E-state index in [1.54, 1.807) is 29.6 Å². The molecule has 2 saturated heterocycles. The fourth-order valence-electron chi connectivity index (χ4n) is 5.34. The molecule has 2 amide bonds. The molecule has 35 heavy (non-hydrogen) atoms. The lowest BCUT2D eigenvalue weighted by Crippen LogP contribution is -2.54. The largest absolute Gasteiger partial charge is 0.350 e. The van der Waals surface area contributed by atoms with Crippen molar-refractivity contribution in [2.24, 2.45) is 0 Å². The number of piperidine rings is 2. The molecule has 1 N–H and O–H groups in total. The van der Waals surface area contributed by atoms with Crippen LogP contribution in [0.4, 0.5) is 4.39 Å². The van der Waals surface area contributed by atoms with Crippen LogP contribution in [0.3, 0.4) is 0 Å². The molecule has 2 aromatic heterocycles. The number of benzene rings is 1. The van der Waals surface area contributed by atoms with Gasteiger partial charge in [0, 0.05) is 30.2 Å². The van der Waals surface area contributed by atoms with Crippen molar-refractivity contribution in [1.29, 1.82) is 0 Å². The predicted molar refractivity (Wildman–Crippen MR) is 132 cm³/mol. The lowest BCUT2D eigenvalue weighted by atomic mass is 9.84. The van der Waals surface area contributed by atoms with Gasteiger partial charge in [-0.2, -0.15) is 0 Å². The van der Waals surface area contributed by atoms with Crippen LogP contribution in [-0.2, 0) is 4.79 Å². The molecule has 5 rings (SSSR count). The Kier molecular flexibility index (Phi) is 7.02. The monoisotopic (exact) mass is 497 g/mol. The highest BCUT2D eigenvalue weighted by Crippen LogP contribution is 2.32. The fourth-order valence-corrected chi connectivity index (χ4v) is 5.57. The highest BCUT2D eigenvalue weighted by molar-refractivity contribution is 6.30. The van der Waals surface area contributed by atoms with Crippen LogP contribution in [-0.4, -0.2) is 69.8 Å². The van der Waals surface area contributed by atoms with E-state index in [1.807, 2.05) is 16.7 Å². The van der Waals surface area contributed by atoms with Crippen molar-refractivity contribution < 1.29 is 14.0 Å². The number of nitrogens with zero attached hydrogens (tertiary/aromatic N) is 4. The van der Waals surface area contributed by atoms with Gasteiger partial charge in [-0.05, 0) is 68.2 Å². The van der Waals surface area contributed by atoms with Gasteiger partial charge in [0.2, 0.25) is 5.91 Å². The van der Waals surface area contributed by atoms with Gasteiger partial charge in [-0.1, -0.05) is 18.0 Å². The molecule has 4 heterocycles. The van der Waals surface area contributed by atoms with E-state index in [1.165, 1.54) is 18.6 Å². The van der Waals surface area contributed by atoms with Crippen molar-refractivity contribution in [3.8, 4) is 0 Å². The third-order valence-electron chi connectivity index (χ3n) is 7.06. The first-order valence-electron chi connectivity index (χ1n) is 12.2.